The number of nitrogens with one attached hydrogen (secondary N) is 3. The first-order valence-electron chi connectivity index (χ1n) is 6.37. The molecule has 0 saturated carbocycles. The smallest absolute Gasteiger partial charge is 0.270 e. The van der Waals surface area contributed by atoms with E-state index in [4.69, 9.17) is 0 Å². The van der Waals surface area contributed by atoms with Crippen LogP contribution in [0.2, 0.25) is 0 Å². The molecule has 0 aliphatic rings. The Kier molecular flexibility index (Phi) is 3.30. The largest absolute Gasteiger partial charge is 0.322 e. The minimum atomic E-state index is -0.643. The molecule has 0 radical (unpaired) electrons. The second-order valence-electron chi connectivity index (χ2n) is 4.60. The zero-order chi connectivity index (χ0) is 15.7. The van der Waals surface area contributed by atoms with Gasteiger partial charge < -0.3 is 5.32 Å². The molecule has 0 fully saturated rings. The Morgan fingerprint density at radius 3 is 2.36 bits per heavy atom. The average molecular weight is 299 g/mol. The molecule has 110 valence electrons. The molecule has 1 heterocycles. The van der Waals surface area contributed by atoms with Gasteiger partial charge in [-0.25, -0.2) is 4.39 Å². The van der Waals surface area contributed by atoms with Gasteiger partial charge in [0.2, 0.25) is 0 Å². The topological polar surface area (TPSA) is 94.8 Å². The highest BCUT2D eigenvalue weighted by Gasteiger charge is 2.12. The summed E-state index contributed by atoms with van der Waals surface area (Å²) in [4.78, 5) is 35.3. The molecule has 0 atom stereocenters. The third-order valence-corrected chi connectivity index (χ3v) is 3.17. The molecule has 0 bridgehead atoms. The van der Waals surface area contributed by atoms with E-state index in [2.05, 4.69) is 15.5 Å². The fraction of sp³-hybridized carbons (Fsp3) is 0. The molecule has 0 spiro atoms. The summed E-state index contributed by atoms with van der Waals surface area (Å²) in [6.07, 6.45) is 0. The lowest BCUT2D eigenvalue weighted by Gasteiger charge is -2.06. The maximum absolute atomic E-state index is 13.6. The van der Waals surface area contributed by atoms with Gasteiger partial charge in [-0.3, -0.25) is 24.6 Å². The van der Waals surface area contributed by atoms with Crippen molar-refractivity contribution in [1.29, 1.82) is 0 Å². The van der Waals surface area contributed by atoms with E-state index in [1.807, 2.05) is 0 Å². The molecule has 0 aliphatic heterocycles. The zero-order valence-electron chi connectivity index (χ0n) is 11.1. The number of fused-ring (bicyclic) bond motifs is 1. The van der Waals surface area contributed by atoms with E-state index >= 15 is 0 Å². The predicted molar refractivity (Wildman–Crippen MR) is 79.5 cm³/mol. The Bertz CT molecular complexity index is 991. The van der Waals surface area contributed by atoms with Crippen molar-refractivity contribution in [2.75, 3.05) is 5.32 Å². The Hall–Kier alpha value is -3.22. The molecular weight excluding hydrogens is 289 g/mol. The van der Waals surface area contributed by atoms with Gasteiger partial charge in [0.05, 0.1) is 16.3 Å². The van der Waals surface area contributed by atoms with Crippen molar-refractivity contribution >= 4 is 22.4 Å². The average Bonchev–Trinajstić information content (AvgIpc) is 2.51. The first-order valence-corrected chi connectivity index (χ1v) is 6.37. The highest BCUT2D eigenvalue weighted by Crippen LogP contribution is 2.15. The molecule has 7 heteroatoms. The van der Waals surface area contributed by atoms with Crippen LogP contribution in [0.4, 0.5) is 10.1 Å². The first-order chi connectivity index (χ1) is 10.6. The predicted octanol–water partition coefficient (Wildman–Crippen LogP) is 1.61. The van der Waals surface area contributed by atoms with Crippen LogP contribution in [0.25, 0.3) is 10.8 Å². The Morgan fingerprint density at radius 2 is 1.64 bits per heavy atom. The van der Waals surface area contributed by atoms with Crippen molar-refractivity contribution in [1.82, 2.24) is 10.2 Å². The number of aromatic amines is 2. The van der Waals surface area contributed by atoms with Crippen LogP contribution in [-0.2, 0) is 0 Å². The highest BCUT2D eigenvalue weighted by molar-refractivity contribution is 6.05. The summed E-state index contributed by atoms with van der Waals surface area (Å²) < 4.78 is 13.6. The summed E-state index contributed by atoms with van der Waals surface area (Å²) in [5.41, 5.74) is -0.752. The number of rotatable bonds is 2. The molecule has 22 heavy (non-hydrogen) atoms. The zero-order valence-corrected chi connectivity index (χ0v) is 11.1. The Morgan fingerprint density at radius 1 is 0.955 bits per heavy atom. The van der Waals surface area contributed by atoms with E-state index in [0.717, 1.165) is 0 Å². The normalized spacial score (nSPS) is 10.6. The second kappa shape index (κ2) is 5.28. The fourth-order valence-electron chi connectivity index (χ4n) is 2.10. The number of carbonyl (C=O) groups is 1. The van der Waals surface area contributed by atoms with Crippen molar-refractivity contribution in [2.45, 2.75) is 0 Å². The summed E-state index contributed by atoms with van der Waals surface area (Å²) >= 11 is 0. The van der Waals surface area contributed by atoms with Crippen molar-refractivity contribution < 1.29 is 9.18 Å². The number of carbonyl (C=O) groups excluding carboxylic acids is 1. The van der Waals surface area contributed by atoms with Crippen LogP contribution in [0.5, 0.6) is 0 Å². The lowest BCUT2D eigenvalue weighted by Crippen LogP contribution is -2.19. The number of halogens is 1. The van der Waals surface area contributed by atoms with Crippen LogP contribution in [0.1, 0.15) is 10.4 Å². The molecule has 0 saturated heterocycles. The van der Waals surface area contributed by atoms with Crippen LogP contribution in [0.15, 0.2) is 52.1 Å². The quantitative estimate of drug-likeness (QED) is 0.671. The van der Waals surface area contributed by atoms with Gasteiger partial charge in [0.25, 0.3) is 17.0 Å². The minimum absolute atomic E-state index is 0.109. The number of amides is 1. The molecule has 3 N–H and O–H groups in total. The number of anilines is 1. The van der Waals surface area contributed by atoms with Crippen LogP contribution >= 0.6 is 0 Å². The van der Waals surface area contributed by atoms with Crippen molar-refractivity contribution in [3.8, 4) is 0 Å². The van der Waals surface area contributed by atoms with E-state index in [-0.39, 0.29) is 22.0 Å². The maximum atomic E-state index is 13.6. The fourth-order valence-corrected chi connectivity index (χ4v) is 2.10. The van der Waals surface area contributed by atoms with Gasteiger partial charge in [-0.2, -0.15) is 0 Å². The van der Waals surface area contributed by atoms with E-state index in [9.17, 15) is 18.8 Å². The van der Waals surface area contributed by atoms with Gasteiger partial charge in [-0.15, -0.1) is 0 Å². The van der Waals surface area contributed by atoms with E-state index in [1.165, 1.54) is 36.4 Å². The molecule has 2 aromatic carbocycles. The van der Waals surface area contributed by atoms with E-state index in [0.29, 0.717) is 0 Å². The third kappa shape index (κ3) is 2.39. The number of benzene rings is 2. The molecular formula is C15H10FN3O3. The summed E-state index contributed by atoms with van der Waals surface area (Å²) in [7, 11) is 0. The molecule has 6 nitrogen and oxygen atoms in total. The van der Waals surface area contributed by atoms with Crippen LogP contribution in [-0.4, -0.2) is 16.1 Å². The molecule has 1 amide bonds. The molecule has 3 rings (SSSR count). The van der Waals surface area contributed by atoms with Crippen molar-refractivity contribution in [3.05, 3.63) is 74.6 Å². The molecule has 0 aliphatic carbocycles. The van der Waals surface area contributed by atoms with E-state index < -0.39 is 22.8 Å². The van der Waals surface area contributed by atoms with Crippen molar-refractivity contribution in [2.24, 2.45) is 0 Å². The van der Waals surface area contributed by atoms with Crippen LogP contribution in [0, 0.1) is 5.82 Å². The second-order valence-corrected chi connectivity index (χ2v) is 4.60. The molecule has 0 unspecified atom stereocenters. The van der Waals surface area contributed by atoms with Crippen LogP contribution < -0.4 is 16.4 Å². The van der Waals surface area contributed by atoms with Gasteiger partial charge in [0, 0.05) is 5.69 Å². The number of H-pyrrole nitrogens is 2. The Labute approximate surface area is 122 Å². The minimum Gasteiger partial charge on any atom is -0.322 e. The van der Waals surface area contributed by atoms with E-state index in [1.54, 1.807) is 6.07 Å². The summed E-state index contributed by atoms with van der Waals surface area (Å²) in [5.74, 6) is -1.28. The Balaban J connectivity index is 2.00. The monoisotopic (exact) mass is 299 g/mol. The summed E-state index contributed by atoms with van der Waals surface area (Å²) in [5, 5.41) is 7.23. The van der Waals surface area contributed by atoms with Gasteiger partial charge in [0.15, 0.2) is 0 Å². The standard InChI is InChI=1S/C15H10FN3O3/c16-12-4-2-1-3-10(12)13(20)17-8-5-6-9-11(7-8)15(22)19-18-14(9)21/h1-7H,(H,17,20)(H,18,21)(H,19,22). The highest BCUT2D eigenvalue weighted by atomic mass is 19.1. The summed E-state index contributed by atoms with van der Waals surface area (Å²) in [6.45, 7) is 0. The first kappa shape index (κ1) is 13.7. The number of aromatic nitrogens is 2. The molecule has 3 aromatic rings. The lowest BCUT2D eigenvalue weighted by molar-refractivity contribution is 0.102. The number of hydrogen-bond acceptors (Lipinski definition) is 3. The third-order valence-electron chi connectivity index (χ3n) is 3.17. The van der Waals surface area contributed by atoms with Gasteiger partial charge in [0.1, 0.15) is 5.82 Å². The number of hydrogen-bond donors (Lipinski definition) is 3. The van der Waals surface area contributed by atoms with Gasteiger partial charge in [-0.1, -0.05) is 12.1 Å². The van der Waals surface area contributed by atoms with Gasteiger partial charge >= 0.3 is 0 Å². The SMILES string of the molecule is O=C(Nc1ccc2c(=O)[nH][nH]c(=O)c2c1)c1ccccc1F. The lowest BCUT2D eigenvalue weighted by atomic mass is 10.1. The van der Waals surface area contributed by atoms with Crippen molar-refractivity contribution in [3.63, 3.8) is 0 Å². The molecule has 1 aromatic heterocycles. The summed E-state index contributed by atoms with van der Waals surface area (Å²) in [6, 6.07) is 9.80. The van der Waals surface area contributed by atoms with Gasteiger partial charge in [-0.05, 0) is 30.3 Å². The van der Waals surface area contributed by atoms with Crippen LogP contribution in [0.3, 0.4) is 0 Å². The maximum Gasteiger partial charge on any atom is 0.270 e.